The lowest BCUT2D eigenvalue weighted by molar-refractivity contribution is 0.505. The summed E-state index contributed by atoms with van der Waals surface area (Å²) in [7, 11) is 0. The highest BCUT2D eigenvalue weighted by atomic mass is 15.1. The first-order chi connectivity index (χ1) is 9.86. The van der Waals surface area contributed by atoms with Gasteiger partial charge in [-0.1, -0.05) is 0 Å². The molecule has 1 aliphatic heterocycles. The van der Waals surface area contributed by atoms with Crippen molar-refractivity contribution in [2.45, 2.75) is 18.8 Å². The van der Waals surface area contributed by atoms with Crippen molar-refractivity contribution < 1.29 is 0 Å². The molecular weight excluding hydrogens is 246 g/mol. The zero-order chi connectivity index (χ0) is 13.8. The third kappa shape index (κ3) is 2.65. The van der Waals surface area contributed by atoms with Crippen LogP contribution in [0.4, 0.5) is 5.69 Å². The second-order valence-corrected chi connectivity index (χ2v) is 5.20. The van der Waals surface area contributed by atoms with Crippen LogP contribution >= 0.6 is 0 Å². The van der Waals surface area contributed by atoms with E-state index in [4.69, 9.17) is 5.26 Å². The Labute approximate surface area is 119 Å². The third-order valence-electron chi connectivity index (χ3n) is 4.03. The summed E-state index contributed by atoms with van der Waals surface area (Å²) in [6.45, 7) is 2.14. The largest absolute Gasteiger partial charge is 0.371 e. The van der Waals surface area contributed by atoms with Crippen LogP contribution < -0.4 is 4.90 Å². The molecular formula is C17H17N3. The fraction of sp³-hybridized carbons (Fsp3) is 0.294. The van der Waals surface area contributed by atoms with Crippen LogP contribution in [-0.4, -0.2) is 18.1 Å². The van der Waals surface area contributed by atoms with E-state index in [0.29, 0.717) is 5.92 Å². The molecule has 20 heavy (non-hydrogen) atoms. The maximum absolute atomic E-state index is 8.83. The molecule has 0 spiro atoms. The smallest absolute Gasteiger partial charge is 0.0991 e. The molecule has 1 saturated heterocycles. The second kappa shape index (κ2) is 5.75. The van der Waals surface area contributed by atoms with Gasteiger partial charge in [-0.05, 0) is 60.7 Å². The minimum Gasteiger partial charge on any atom is -0.371 e. The lowest BCUT2D eigenvalue weighted by Crippen LogP contribution is -2.32. The van der Waals surface area contributed by atoms with Crippen molar-refractivity contribution in [2.24, 2.45) is 0 Å². The van der Waals surface area contributed by atoms with Crippen molar-refractivity contribution in [1.82, 2.24) is 4.98 Å². The number of anilines is 1. The molecule has 0 bridgehead atoms. The number of hydrogen-bond donors (Lipinski definition) is 0. The Morgan fingerprint density at radius 3 is 2.25 bits per heavy atom. The number of hydrogen-bond acceptors (Lipinski definition) is 3. The van der Waals surface area contributed by atoms with Crippen LogP contribution in [0.2, 0.25) is 0 Å². The fourth-order valence-corrected chi connectivity index (χ4v) is 2.85. The SMILES string of the molecule is N#Cc1ccc(N2CCC(c3ccncc3)CC2)cc1. The van der Waals surface area contributed by atoms with E-state index < -0.39 is 0 Å². The van der Waals surface area contributed by atoms with Gasteiger partial charge in [0.2, 0.25) is 0 Å². The van der Waals surface area contributed by atoms with E-state index in [0.717, 1.165) is 18.7 Å². The van der Waals surface area contributed by atoms with Crippen LogP contribution in [0.3, 0.4) is 0 Å². The summed E-state index contributed by atoms with van der Waals surface area (Å²) in [5, 5.41) is 8.83. The summed E-state index contributed by atoms with van der Waals surface area (Å²) < 4.78 is 0. The number of rotatable bonds is 2. The molecule has 0 radical (unpaired) electrons. The number of nitriles is 1. The number of pyridine rings is 1. The summed E-state index contributed by atoms with van der Waals surface area (Å²) >= 11 is 0. The maximum atomic E-state index is 8.83. The van der Waals surface area contributed by atoms with E-state index in [9.17, 15) is 0 Å². The molecule has 3 rings (SSSR count). The Kier molecular flexibility index (Phi) is 3.64. The van der Waals surface area contributed by atoms with E-state index in [1.807, 2.05) is 36.7 Å². The maximum Gasteiger partial charge on any atom is 0.0991 e. The molecule has 3 heteroatoms. The lowest BCUT2D eigenvalue weighted by Gasteiger charge is -2.33. The van der Waals surface area contributed by atoms with Gasteiger partial charge in [0.15, 0.2) is 0 Å². The molecule has 0 aliphatic carbocycles. The monoisotopic (exact) mass is 263 g/mol. The standard InChI is InChI=1S/C17H17N3/c18-13-14-1-3-17(4-2-14)20-11-7-16(8-12-20)15-5-9-19-10-6-15/h1-6,9-10,16H,7-8,11-12H2. The Morgan fingerprint density at radius 2 is 1.65 bits per heavy atom. The molecule has 1 aromatic carbocycles. The number of nitrogens with zero attached hydrogens (tertiary/aromatic N) is 3. The van der Waals surface area contributed by atoms with Gasteiger partial charge >= 0.3 is 0 Å². The summed E-state index contributed by atoms with van der Waals surface area (Å²) in [6, 6.07) is 14.3. The van der Waals surface area contributed by atoms with Gasteiger partial charge in [0.05, 0.1) is 11.6 Å². The van der Waals surface area contributed by atoms with E-state index in [1.165, 1.54) is 24.1 Å². The molecule has 100 valence electrons. The van der Waals surface area contributed by atoms with Gasteiger partial charge in [-0.2, -0.15) is 5.26 Å². The first kappa shape index (κ1) is 12.7. The minimum atomic E-state index is 0.646. The average Bonchev–Trinajstić information content (AvgIpc) is 2.56. The number of piperidine rings is 1. The Balaban J connectivity index is 1.65. The normalized spacial score (nSPS) is 15.8. The Hall–Kier alpha value is -2.34. The van der Waals surface area contributed by atoms with Crippen molar-refractivity contribution in [3.05, 3.63) is 59.9 Å². The molecule has 0 N–H and O–H groups in total. The molecule has 0 amide bonds. The van der Waals surface area contributed by atoms with Crippen molar-refractivity contribution in [1.29, 1.82) is 5.26 Å². The van der Waals surface area contributed by atoms with E-state index in [1.54, 1.807) is 0 Å². The second-order valence-electron chi connectivity index (χ2n) is 5.20. The molecule has 2 aromatic rings. The first-order valence-corrected chi connectivity index (χ1v) is 7.02. The average molecular weight is 263 g/mol. The summed E-state index contributed by atoms with van der Waals surface area (Å²) in [5.74, 6) is 0.646. The van der Waals surface area contributed by atoms with Crippen molar-refractivity contribution in [2.75, 3.05) is 18.0 Å². The van der Waals surface area contributed by atoms with Gasteiger partial charge in [0.25, 0.3) is 0 Å². The molecule has 1 aliphatic rings. The zero-order valence-electron chi connectivity index (χ0n) is 11.4. The number of benzene rings is 1. The van der Waals surface area contributed by atoms with Crippen LogP contribution in [0.5, 0.6) is 0 Å². The van der Waals surface area contributed by atoms with Crippen LogP contribution in [0, 0.1) is 11.3 Å². The first-order valence-electron chi connectivity index (χ1n) is 7.02. The van der Waals surface area contributed by atoms with Crippen molar-refractivity contribution in [3.8, 4) is 6.07 Å². The van der Waals surface area contributed by atoms with Crippen LogP contribution in [-0.2, 0) is 0 Å². The highest BCUT2D eigenvalue weighted by Crippen LogP contribution is 2.30. The van der Waals surface area contributed by atoms with Gasteiger partial charge in [-0.25, -0.2) is 0 Å². The lowest BCUT2D eigenvalue weighted by atomic mass is 9.90. The van der Waals surface area contributed by atoms with Crippen LogP contribution in [0.25, 0.3) is 0 Å². The highest BCUT2D eigenvalue weighted by molar-refractivity contribution is 5.50. The predicted molar refractivity (Wildman–Crippen MR) is 79.6 cm³/mol. The van der Waals surface area contributed by atoms with Gasteiger partial charge in [0, 0.05) is 31.2 Å². The molecule has 3 nitrogen and oxygen atoms in total. The predicted octanol–water partition coefficient (Wildman–Crippen LogP) is 3.34. The summed E-state index contributed by atoms with van der Waals surface area (Å²) in [4.78, 5) is 6.48. The molecule has 1 aromatic heterocycles. The quantitative estimate of drug-likeness (QED) is 0.834. The molecule has 2 heterocycles. The van der Waals surface area contributed by atoms with Crippen molar-refractivity contribution in [3.63, 3.8) is 0 Å². The third-order valence-corrected chi connectivity index (χ3v) is 4.03. The fourth-order valence-electron chi connectivity index (χ4n) is 2.85. The topological polar surface area (TPSA) is 39.9 Å². The summed E-state index contributed by atoms with van der Waals surface area (Å²) in [5.41, 5.74) is 3.34. The van der Waals surface area contributed by atoms with Gasteiger partial charge in [-0.3, -0.25) is 4.98 Å². The Bertz CT molecular complexity index is 590. The van der Waals surface area contributed by atoms with Crippen molar-refractivity contribution >= 4 is 5.69 Å². The van der Waals surface area contributed by atoms with Gasteiger partial charge < -0.3 is 4.90 Å². The van der Waals surface area contributed by atoms with E-state index in [2.05, 4.69) is 28.1 Å². The summed E-state index contributed by atoms with van der Waals surface area (Å²) in [6.07, 6.45) is 6.10. The molecule has 1 fully saturated rings. The van der Waals surface area contributed by atoms with Crippen LogP contribution in [0.1, 0.15) is 29.9 Å². The van der Waals surface area contributed by atoms with Gasteiger partial charge in [0.1, 0.15) is 0 Å². The van der Waals surface area contributed by atoms with E-state index >= 15 is 0 Å². The highest BCUT2D eigenvalue weighted by Gasteiger charge is 2.20. The Morgan fingerprint density at radius 1 is 1.00 bits per heavy atom. The molecule has 0 unspecified atom stereocenters. The number of aromatic nitrogens is 1. The molecule has 0 saturated carbocycles. The minimum absolute atomic E-state index is 0.646. The molecule has 0 atom stereocenters. The zero-order valence-corrected chi connectivity index (χ0v) is 11.4. The van der Waals surface area contributed by atoms with E-state index in [-0.39, 0.29) is 0 Å². The van der Waals surface area contributed by atoms with Gasteiger partial charge in [-0.15, -0.1) is 0 Å². The van der Waals surface area contributed by atoms with Crippen LogP contribution in [0.15, 0.2) is 48.8 Å².